The number of hydrogen-bond donors (Lipinski definition) is 4. The van der Waals surface area contributed by atoms with Gasteiger partial charge in [-0.05, 0) is 12.8 Å². The number of rotatable bonds is 26. The fraction of sp³-hybridized carbons (Fsp3) is 0.968. The summed E-state index contributed by atoms with van der Waals surface area (Å²) in [5.41, 5.74) is 0. The van der Waals surface area contributed by atoms with E-state index in [-0.39, 0.29) is 19.2 Å². The molecule has 0 aromatic carbocycles. The van der Waals surface area contributed by atoms with Crippen molar-refractivity contribution in [1.82, 2.24) is 0 Å². The van der Waals surface area contributed by atoms with Crippen molar-refractivity contribution in [2.45, 2.75) is 166 Å². The van der Waals surface area contributed by atoms with E-state index in [2.05, 4.69) is 6.92 Å². The van der Waals surface area contributed by atoms with Gasteiger partial charge in [0.05, 0.1) is 19.8 Å². The van der Waals surface area contributed by atoms with E-state index in [4.69, 9.17) is 18.9 Å². The van der Waals surface area contributed by atoms with Crippen molar-refractivity contribution in [3.8, 4) is 0 Å². The molecule has 1 aliphatic heterocycles. The number of hydrogen-bond acceptors (Lipinski definition) is 9. The Balaban J connectivity index is 2.19. The first-order valence-corrected chi connectivity index (χ1v) is 16.1. The van der Waals surface area contributed by atoms with Crippen LogP contribution in [0.3, 0.4) is 0 Å². The molecule has 6 unspecified atom stereocenters. The van der Waals surface area contributed by atoms with E-state index >= 15 is 0 Å². The third-order valence-electron chi connectivity index (χ3n) is 7.52. The maximum absolute atomic E-state index is 12.2. The minimum atomic E-state index is -1.53. The van der Waals surface area contributed by atoms with Crippen molar-refractivity contribution in [1.29, 1.82) is 0 Å². The van der Waals surface area contributed by atoms with Crippen LogP contribution in [0.4, 0.5) is 0 Å². The molecular weight excluding hydrogens is 516 g/mol. The highest BCUT2D eigenvalue weighted by molar-refractivity contribution is 5.69. The molecule has 1 rings (SSSR count). The van der Waals surface area contributed by atoms with Crippen molar-refractivity contribution in [3.05, 3.63) is 0 Å². The molecular formula is C31H60O9. The van der Waals surface area contributed by atoms with Crippen LogP contribution in [0.25, 0.3) is 0 Å². The van der Waals surface area contributed by atoms with Crippen LogP contribution in [0.5, 0.6) is 0 Å². The van der Waals surface area contributed by atoms with E-state index < -0.39 is 43.4 Å². The lowest BCUT2D eigenvalue weighted by Gasteiger charge is -2.39. The molecule has 0 aromatic heterocycles. The summed E-state index contributed by atoms with van der Waals surface area (Å²) >= 11 is 0. The molecule has 0 aromatic rings. The van der Waals surface area contributed by atoms with E-state index in [9.17, 15) is 25.2 Å². The molecule has 1 saturated heterocycles. The monoisotopic (exact) mass is 576 g/mol. The summed E-state index contributed by atoms with van der Waals surface area (Å²) in [6.45, 7) is 4.31. The summed E-state index contributed by atoms with van der Waals surface area (Å²) in [6.07, 6.45) is 13.8. The largest absolute Gasteiger partial charge is 0.457 e. The summed E-state index contributed by atoms with van der Waals surface area (Å²) in [5.74, 6) is -0.347. The second-order valence-corrected chi connectivity index (χ2v) is 11.3. The summed E-state index contributed by atoms with van der Waals surface area (Å²) in [4.78, 5) is 12.2. The van der Waals surface area contributed by atoms with Gasteiger partial charge in [0.15, 0.2) is 6.29 Å². The fourth-order valence-corrected chi connectivity index (χ4v) is 4.88. The van der Waals surface area contributed by atoms with Gasteiger partial charge in [0.1, 0.15) is 30.5 Å². The highest BCUT2D eigenvalue weighted by Crippen LogP contribution is 2.22. The molecule has 4 N–H and O–H groups in total. The average molecular weight is 577 g/mol. The molecule has 0 radical (unpaired) electrons. The molecule has 1 heterocycles. The van der Waals surface area contributed by atoms with Gasteiger partial charge < -0.3 is 39.4 Å². The van der Waals surface area contributed by atoms with E-state index in [0.717, 1.165) is 25.7 Å². The Kier molecular flexibility index (Phi) is 23.0. The predicted octanol–water partition coefficient (Wildman–Crippen LogP) is 4.79. The Labute approximate surface area is 242 Å². The second kappa shape index (κ2) is 24.8. The molecule has 1 aliphatic rings. The van der Waals surface area contributed by atoms with Crippen LogP contribution in [-0.2, 0) is 23.7 Å². The van der Waals surface area contributed by atoms with Crippen LogP contribution in [0, 0.1) is 0 Å². The van der Waals surface area contributed by atoms with Gasteiger partial charge in [-0.2, -0.15) is 0 Å². The highest BCUT2D eigenvalue weighted by atomic mass is 16.7. The standard InChI is InChI=1S/C31H60O9/c1-3-5-7-8-9-10-11-12-13-14-15-16-17-18-19-21-37-23-25(39-27(33)20-6-4-2)24-38-31-30(36)29(35)28(34)26(22-32)40-31/h25-26,28-32,34-36H,3-24H2,1-2H3. The Hall–Kier alpha value is -0.810. The zero-order valence-corrected chi connectivity index (χ0v) is 25.4. The molecule has 1 fully saturated rings. The van der Waals surface area contributed by atoms with Gasteiger partial charge in [-0.1, -0.05) is 110 Å². The highest BCUT2D eigenvalue weighted by Gasteiger charge is 2.44. The summed E-state index contributed by atoms with van der Waals surface area (Å²) in [7, 11) is 0. The molecule has 0 amide bonds. The normalized spacial score (nSPS) is 23.8. The number of unbranched alkanes of at least 4 members (excludes halogenated alkanes) is 15. The lowest BCUT2D eigenvalue weighted by Crippen LogP contribution is -2.59. The lowest BCUT2D eigenvalue weighted by molar-refractivity contribution is -0.305. The van der Waals surface area contributed by atoms with E-state index in [1.165, 1.54) is 83.5 Å². The molecule has 0 aliphatic carbocycles. The zero-order valence-electron chi connectivity index (χ0n) is 25.4. The van der Waals surface area contributed by atoms with Gasteiger partial charge in [0.25, 0.3) is 0 Å². The van der Waals surface area contributed by atoms with Crippen LogP contribution in [0.2, 0.25) is 0 Å². The third-order valence-corrected chi connectivity index (χ3v) is 7.52. The molecule has 238 valence electrons. The third kappa shape index (κ3) is 17.2. The number of aliphatic hydroxyl groups excluding tert-OH is 4. The Morgan fingerprint density at radius 2 is 1.23 bits per heavy atom. The molecule has 0 saturated carbocycles. The predicted molar refractivity (Wildman–Crippen MR) is 155 cm³/mol. The van der Waals surface area contributed by atoms with E-state index in [1.807, 2.05) is 6.92 Å². The minimum Gasteiger partial charge on any atom is -0.457 e. The zero-order chi connectivity index (χ0) is 29.4. The molecule has 9 heteroatoms. The first-order chi connectivity index (χ1) is 19.4. The Morgan fingerprint density at radius 3 is 1.75 bits per heavy atom. The van der Waals surface area contributed by atoms with Crippen LogP contribution in [0.15, 0.2) is 0 Å². The number of carbonyl (C=O) groups is 1. The van der Waals surface area contributed by atoms with Crippen LogP contribution < -0.4 is 0 Å². The van der Waals surface area contributed by atoms with Crippen molar-refractivity contribution < 1.29 is 44.2 Å². The fourth-order valence-electron chi connectivity index (χ4n) is 4.88. The second-order valence-electron chi connectivity index (χ2n) is 11.3. The molecule has 6 atom stereocenters. The van der Waals surface area contributed by atoms with E-state index in [0.29, 0.717) is 13.0 Å². The minimum absolute atomic E-state index is 0.112. The van der Waals surface area contributed by atoms with Crippen molar-refractivity contribution >= 4 is 5.97 Å². The quantitative estimate of drug-likeness (QED) is 0.0846. The van der Waals surface area contributed by atoms with Crippen LogP contribution in [-0.4, -0.2) is 89.6 Å². The van der Waals surface area contributed by atoms with Gasteiger partial charge in [0.2, 0.25) is 0 Å². The number of carbonyl (C=O) groups excluding carboxylic acids is 1. The average Bonchev–Trinajstić information content (AvgIpc) is 2.95. The molecule has 0 bridgehead atoms. The Bertz CT molecular complexity index is 589. The molecule has 9 nitrogen and oxygen atoms in total. The Morgan fingerprint density at radius 1 is 0.700 bits per heavy atom. The van der Waals surface area contributed by atoms with Gasteiger partial charge in [-0.25, -0.2) is 0 Å². The number of ether oxygens (including phenoxy) is 4. The maximum atomic E-state index is 12.2. The van der Waals surface area contributed by atoms with Gasteiger partial charge in [-0.3, -0.25) is 4.79 Å². The van der Waals surface area contributed by atoms with E-state index in [1.54, 1.807) is 0 Å². The topological polar surface area (TPSA) is 135 Å². The molecule has 40 heavy (non-hydrogen) atoms. The SMILES string of the molecule is CCCCCCCCCCCCCCCCCOCC(COC1OC(CO)C(O)C(O)C1O)OC(=O)CCCC. The lowest BCUT2D eigenvalue weighted by atomic mass is 9.99. The number of aliphatic hydroxyl groups is 4. The van der Waals surface area contributed by atoms with Gasteiger partial charge in [0, 0.05) is 13.0 Å². The van der Waals surface area contributed by atoms with Crippen LogP contribution in [0.1, 0.15) is 129 Å². The van der Waals surface area contributed by atoms with Crippen LogP contribution >= 0.6 is 0 Å². The maximum Gasteiger partial charge on any atom is 0.306 e. The summed E-state index contributed by atoms with van der Waals surface area (Å²) in [6, 6.07) is 0. The first-order valence-electron chi connectivity index (χ1n) is 16.1. The van der Waals surface area contributed by atoms with Gasteiger partial charge in [-0.15, -0.1) is 0 Å². The van der Waals surface area contributed by atoms with Gasteiger partial charge >= 0.3 is 5.97 Å². The number of esters is 1. The molecule has 0 spiro atoms. The van der Waals surface area contributed by atoms with Crippen molar-refractivity contribution in [2.75, 3.05) is 26.4 Å². The first kappa shape index (κ1) is 37.2. The summed E-state index contributed by atoms with van der Waals surface area (Å²) < 4.78 is 22.3. The van der Waals surface area contributed by atoms with Crippen molar-refractivity contribution in [3.63, 3.8) is 0 Å². The van der Waals surface area contributed by atoms with Crippen molar-refractivity contribution in [2.24, 2.45) is 0 Å². The summed E-state index contributed by atoms with van der Waals surface area (Å²) in [5, 5.41) is 39.4. The smallest absolute Gasteiger partial charge is 0.306 e.